The lowest BCUT2D eigenvalue weighted by Crippen LogP contribution is -2.57. The van der Waals surface area contributed by atoms with Gasteiger partial charge in [0.05, 0.1) is 0 Å². The van der Waals surface area contributed by atoms with Crippen LogP contribution in [0.1, 0.15) is 44.9 Å². The zero-order chi connectivity index (χ0) is 17.8. The molecule has 2 amide bonds. The van der Waals surface area contributed by atoms with Crippen LogP contribution in [0.2, 0.25) is 0 Å². The lowest BCUT2D eigenvalue weighted by atomic mass is 9.54. The molecule has 4 saturated carbocycles. The molecule has 0 spiro atoms. The number of hydrogen-bond acceptors (Lipinski definition) is 2. The third-order valence-corrected chi connectivity index (χ3v) is 6.93. The van der Waals surface area contributed by atoms with Crippen LogP contribution in [0.4, 0.5) is 13.2 Å². The number of amides is 2. The Morgan fingerprint density at radius 2 is 1.40 bits per heavy atom. The Kier molecular flexibility index (Phi) is 4.23. The zero-order valence-corrected chi connectivity index (χ0v) is 14.2. The highest BCUT2D eigenvalue weighted by Gasteiger charge is 2.49. The van der Waals surface area contributed by atoms with Gasteiger partial charge in [-0.1, -0.05) is 0 Å². The van der Waals surface area contributed by atoms with Gasteiger partial charge in [-0.2, -0.15) is 13.2 Å². The van der Waals surface area contributed by atoms with Crippen LogP contribution in [-0.2, 0) is 9.59 Å². The lowest BCUT2D eigenvalue weighted by molar-refractivity contribution is -0.186. The summed E-state index contributed by atoms with van der Waals surface area (Å²) in [7, 11) is 0. The van der Waals surface area contributed by atoms with E-state index in [-0.39, 0.29) is 31.0 Å². The molecular formula is C18H25F3N2O2. The van der Waals surface area contributed by atoms with Gasteiger partial charge >= 0.3 is 12.1 Å². The van der Waals surface area contributed by atoms with Gasteiger partial charge < -0.3 is 10.2 Å². The van der Waals surface area contributed by atoms with Gasteiger partial charge in [0.2, 0.25) is 5.91 Å². The molecule has 4 aliphatic carbocycles. The Morgan fingerprint density at radius 1 is 0.880 bits per heavy atom. The second kappa shape index (κ2) is 6.16. The van der Waals surface area contributed by atoms with Gasteiger partial charge in [-0.3, -0.25) is 9.59 Å². The highest BCUT2D eigenvalue weighted by atomic mass is 19.4. The first-order chi connectivity index (χ1) is 11.8. The number of rotatable bonds is 2. The molecule has 1 N–H and O–H groups in total. The summed E-state index contributed by atoms with van der Waals surface area (Å²) in [6.07, 6.45) is 2.05. The van der Waals surface area contributed by atoms with E-state index in [4.69, 9.17) is 0 Å². The predicted octanol–water partition coefficient (Wildman–Crippen LogP) is 2.73. The van der Waals surface area contributed by atoms with Crippen molar-refractivity contribution in [1.29, 1.82) is 0 Å². The maximum atomic E-state index is 12.6. The van der Waals surface area contributed by atoms with Gasteiger partial charge in [-0.15, -0.1) is 0 Å². The molecule has 4 bridgehead atoms. The first-order valence-electron chi connectivity index (χ1n) is 9.47. The largest absolute Gasteiger partial charge is 0.471 e. The van der Waals surface area contributed by atoms with Crippen molar-refractivity contribution in [3.8, 4) is 0 Å². The van der Waals surface area contributed by atoms with Crippen LogP contribution in [0.15, 0.2) is 0 Å². The molecule has 5 fully saturated rings. The maximum Gasteiger partial charge on any atom is 0.471 e. The van der Waals surface area contributed by atoms with Crippen LogP contribution in [0, 0.1) is 29.6 Å². The van der Waals surface area contributed by atoms with E-state index in [0.717, 1.165) is 16.7 Å². The number of alkyl halides is 3. The third-order valence-electron chi connectivity index (χ3n) is 6.93. The highest BCUT2D eigenvalue weighted by molar-refractivity contribution is 5.83. The molecule has 0 aromatic heterocycles. The second-order valence-corrected chi connectivity index (χ2v) is 8.53. The molecule has 140 valence electrons. The quantitative estimate of drug-likeness (QED) is 0.825. The normalized spacial score (nSPS) is 38.0. The number of likely N-dealkylation sites (tertiary alicyclic amines) is 1. The molecule has 1 heterocycles. The van der Waals surface area contributed by atoms with E-state index in [1.807, 2.05) is 0 Å². The fraction of sp³-hybridized carbons (Fsp3) is 0.889. The van der Waals surface area contributed by atoms with Gasteiger partial charge in [0.1, 0.15) is 0 Å². The molecule has 0 unspecified atom stereocenters. The van der Waals surface area contributed by atoms with Crippen LogP contribution in [-0.4, -0.2) is 42.0 Å². The average molecular weight is 358 g/mol. The minimum absolute atomic E-state index is 0.0120. The summed E-state index contributed by atoms with van der Waals surface area (Å²) in [6.45, 7) is 0.0240. The van der Waals surface area contributed by atoms with Crippen LogP contribution < -0.4 is 5.32 Å². The predicted molar refractivity (Wildman–Crippen MR) is 84.3 cm³/mol. The molecule has 0 atom stereocenters. The van der Waals surface area contributed by atoms with Crippen molar-refractivity contribution in [3.05, 3.63) is 0 Å². The van der Waals surface area contributed by atoms with Crippen LogP contribution in [0.25, 0.3) is 0 Å². The molecule has 25 heavy (non-hydrogen) atoms. The SMILES string of the molecule is O=C(NC1C2CC3CC(C2)CC1C3)C1CCN(C(=O)C(F)(F)F)CC1. The van der Waals surface area contributed by atoms with Gasteiger partial charge in [0, 0.05) is 25.0 Å². The minimum atomic E-state index is -4.82. The molecule has 7 heteroatoms. The average Bonchev–Trinajstić information content (AvgIpc) is 2.56. The van der Waals surface area contributed by atoms with E-state index in [2.05, 4.69) is 5.32 Å². The first-order valence-corrected chi connectivity index (χ1v) is 9.47. The molecule has 5 aliphatic rings. The molecule has 0 radical (unpaired) electrons. The number of nitrogens with one attached hydrogen (secondary N) is 1. The van der Waals surface area contributed by atoms with Crippen molar-refractivity contribution in [1.82, 2.24) is 10.2 Å². The lowest BCUT2D eigenvalue weighted by Gasteiger charge is -2.54. The van der Waals surface area contributed by atoms with Crippen LogP contribution in [0.3, 0.4) is 0 Å². The molecule has 1 aliphatic heterocycles. The fourth-order valence-corrected chi connectivity index (χ4v) is 5.97. The van der Waals surface area contributed by atoms with Crippen LogP contribution in [0.5, 0.6) is 0 Å². The number of piperidine rings is 1. The van der Waals surface area contributed by atoms with E-state index in [0.29, 0.717) is 24.7 Å². The molecule has 4 nitrogen and oxygen atoms in total. The molecule has 0 aromatic carbocycles. The highest BCUT2D eigenvalue weighted by Crippen LogP contribution is 2.53. The van der Waals surface area contributed by atoms with E-state index in [1.165, 1.54) is 32.1 Å². The van der Waals surface area contributed by atoms with E-state index >= 15 is 0 Å². The topological polar surface area (TPSA) is 49.4 Å². The second-order valence-electron chi connectivity index (χ2n) is 8.53. The van der Waals surface area contributed by atoms with Crippen LogP contribution >= 0.6 is 0 Å². The summed E-state index contributed by atoms with van der Waals surface area (Å²) >= 11 is 0. The standard InChI is InChI=1S/C18H25F3N2O2/c19-18(20,21)17(25)23-3-1-12(2-4-23)16(24)22-15-13-6-10-5-11(8-13)9-14(15)7-10/h10-15H,1-9H2,(H,22,24). The number of nitrogens with zero attached hydrogens (tertiary/aromatic N) is 1. The van der Waals surface area contributed by atoms with Crippen molar-refractivity contribution in [2.75, 3.05) is 13.1 Å². The van der Waals surface area contributed by atoms with Crippen molar-refractivity contribution in [2.24, 2.45) is 29.6 Å². The monoisotopic (exact) mass is 358 g/mol. The summed E-state index contributed by atoms with van der Waals surface area (Å²) in [6, 6.07) is 0.259. The Labute approximate surface area is 145 Å². The number of halogens is 3. The van der Waals surface area contributed by atoms with Gasteiger partial charge in [-0.25, -0.2) is 0 Å². The van der Waals surface area contributed by atoms with Gasteiger partial charge in [-0.05, 0) is 68.6 Å². The third kappa shape index (κ3) is 3.26. The Morgan fingerprint density at radius 3 is 1.88 bits per heavy atom. The summed E-state index contributed by atoms with van der Waals surface area (Å²) in [5.74, 6) is 0.789. The van der Waals surface area contributed by atoms with E-state index in [1.54, 1.807) is 0 Å². The smallest absolute Gasteiger partial charge is 0.353 e. The summed E-state index contributed by atoms with van der Waals surface area (Å²) in [5, 5.41) is 3.24. The van der Waals surface area contributed by atoms with Crippen molar-refractivity contribution in [2.45, 2.75) is 57.2 Å². The molecule has 0 aromatic rings. The number of hydrogen-bond donors (Lipinski definition) is 1. The summed E-state index contributed by atoms with van der Waals surface area (Å²) in [4.78, 5) is 24.7. The van der Waals surface area contributed by atoms with Gasteiger partial charge in [0.25, 0.3) is 0 Å². The zero-order valence-electron chi connectivity index (χ0n) is 14.2. The minimum Gasteiger partial charge on any atom is -0.353 e. The Bertz CT molecular complexity index is 527. The van der Waals surface area contributed by atoms with E-state index in [9.17, 15) is 22.8 Å². The summed E-state index contributed by atoms with van der Waals surface area (Å²) < 4.78 is 37.5. The molecule has 1 saturated heterocycles. The van der Waals surface area contributed by atoms with Crippen molar-refractivity contribution in [3.63, 3.8) is 0 Å². The Balaban J connectivity index is 1.31. The number of carbonyl (C=O) groups is 2. The fourth-order valence-electron chi connectivity index (χ4n) is 5.97. The first kappa shape index (κ1) is 17.2. The molecular weight excluding hydrogens is 333 g/mol. The number of carbonyl (C=O) groups excluding carboxylic acids is 2. The van der Waals surface area contributed by atoms with Crippen molar-refractivity contribution >= 4 is 11.8 Å². The van der Waals surface area contributed by atoms with Crippen molar-refractivity contribution < 1.29 is 22.8 Å². The van der Waals surface area contributed by atoms with Gasteiger partial charge in [0.15, 0.2) is 0 Å². The molecule has 5 rings (SSSR count). The maximum absolute atomic E-state index is 12.6. The Hall–Kier alpha value is -1.27. The van der Waals surface area contributed by atoms with E-state index < -0.39 is 12.1 Å². The summed E-state index contributed by atoms with van der Waals surface area (Å²) in [5.41, 5.74) is 0.